The normalized spacial score (nSPS) is 20.5. The second kappa shape index (κ2) is 12.6. The zero-order valence-electron chi connectivity index (χ0n) is 22.9. The summed E-state index contributed by atoms with van der Waals surface area (Å²) in [6.45, 7) is 7.14. The van der Waals surface area contributed by atoms with E-state index >= 15 is 0 Å². The molecule has 5 rings (SSSR count). The molecule has 0 amide bonds. The van der Waals surface area contributed by atoms with Crippen LogP contribution in [0, 0.1) is 17.7 Å². The van der Waals surface area contributed by atoms with Crippen molar-refractivity contribution in [2.45, 2.75) is 58.7 Å². The average Bonchev–Trinajstić information content (AvgIpc) is 3.52. The summed E-state index contributed by atoms with van der Waals surface area (Å²) in [6.07, 6.45) is 3.76. The van der Waals surface area contributed by atoms with Crippen molar-refractivity contribution >= 4 is 5.97 Å². The third-order valence-corrected chi connectivity index (χ3v) is 8.07. The van der Waals surface area contributed by atoms with Gasteiger partial charge in [0.2, 0.25) is 0 Å². The van der Waals surface area contributed by atoms with Gasteiger partial charge in [-0.2, -0.15) is 0 Å². The molecule has 206 valence electrons. The SMILES string of the molecule is CCOc1cc(CN2CC[C@H]3C(CC(=O)OCc4ccccc4)CC[C@H]32)cc(OCC)c1-c1ccc(F)cc1. The first-order valence-electron chi connectivity index (χ1n) is 14.2. The van der Waals surface area contributed by atoms with Gasteiger partial charge in [-0.3, -0.25) is 9.69 Å². The predicted molar refractivity (Wildman–Crippen MR) is 150 cm³/mol. The summed E-state index contributed by atoms with van der Waals surface area (Å²) in [4.78, 5) is 15.2. The molecule has 6 heteroatoms. The number of fused-ring (bicyclic) bond motifs is 1. The Morgan fingerprint density at radius 3 is 2.26 bits per heavy atom. The van der Waals surface area contributed by atoms with Gasteiger partial charge in [-0.15, -0.1) is 0 Å². The van der Waals surface area contributed by atoms with E-state index in [-0.39, 0.29) is 11.8 Å². The van der Waals surface area contributed by atoms with Crippen LogP contribution in [0.25, 0.3) is 11.1 Å². The molecule has 3 atom stereocenters. The molecule has 0 N–H and O–H groups in total. The molecule has 1 saturated heterocycles. The number of hydrogen-bond acceptors (Lipinski definition) is 5. The highest BCUT2D eigenvalue weighted by molar-refractivity contribution is 5.77. The van der Waals surface area contributed by atoms with Crippen molar-refractivity contribution in [3.8, 4) is 22.6 Å². The Morgan fingerprint density at radius 2 is 1.59 bits per heavy atom. The number of rotatable bonds is 11. The fourth-order valence-corrected chi connectivity index (χ4v) is 6.36. The molecular weight excluding hydrogens is 493 g/mol. The van der Waals surface area contributed by atoms with Crippen LogP contribution in [-0.4, -0.2) is 36.7 Å². The summed E-state index contributed by atoms with van der Waals surface area (Å²) in [5.74, 6) is 2.04. The van der Waals surface area contributed by atoms with Crippen LogP contribution < -0.4 is 9.47 Å². The maximum atomic E-state index is 13.6. The minimum atomic E-state index is -0.269. The predicted octanol–water partition coefficient (Wildman–Crippen LogP) is 7.02. The van der Waals surface area contributed by atoms with E-state index in [9.17, 15) is 9.18 Å². The number of carbonyl (C=O) groups is 1. The molecular formula is C33H38FNO4. The van der Waals surface area contributed by atoms with Gasteiger partial charge in [0.25, 0.3) is 0 Å². The summed E-state index contributed by atoms with van der Waals surface area (Å²) >= 11 is 0. The Balaban J connectivity index is 1.27. The molecule has 1 heterocycles. The number of benzene rings is 3. The minimum absolute atomic E-state index is 0.0953. The van der Waals surface area contributed by atoms with Crippen molar-refractivity contribution in [1.29, 1.82) is 0 Å². The molecule has 0 aromatic heterocycles. The Labute approximate surface area is 230 Å². The molecule has 0 radical (unpaired) electrons. The average molecular weight is 532 g/mol. The third kappa shape index (κ3) is 6.44. The van der Waals surface area contributed by atoms with Crippen molar-refractivity contribution in [1.82, 2.24) is 4.90 Å². The zero-order chi connectivity index (χ0) is 27.2. The van der Waals surface area contributed by atoms with E-state index in [4.69, 9.17) is 14.2 Å². The van der Waals surface area contributed by atoms with Crippen molar-refractivity contribution in [3.05, 3.63) is 83.7 Å². The van der Waals surface area contributed by atoms with Crippen LogP contribution in [0.3, 0.4) is 0 Å². The quantitative estimate of drug-likeness (QED) is 0.249. The zero-order valence-corrected chi connectivity index (χ0v) is 22.9. The van der Waals surface area contributed by atoms with Gasteiger partial charge < -0.3 is 14.2 Å². The smallest absolute Gasteiger partial charge is 0.306 e. The third-order valence-electron chi connectivity index (χ3n) is 8.07. The van der Waals surface area contributed by atoms with Crippen LogP contribution in [0.2, 0.25) is 0 Å². The molecule has 1 unspecified atom stereocenters. The summed E-state index contributed by atoms with van der Waals surface area (Å²) in [5, 5.41) is 0. The lowest BCUT2D eigenvalue weighted by Crippen LogP contribution is -2.30. The number of hydrogen-bond donors (Lipinski definition) is 0. The van der Waals surface area contributed by atoms with E-state index in [1.807, 2.05) is 44.2 Å². The lowest BCUT2D eigenvalue weighted by atomic mass is 9.90. The second-order valence-electron chi connectivity index (χ2n) is 10.5. The number of likely N-dealkylation sites (tertiary alicyclic amines) is 1. The number of nitrogens with zero attached hydrogens (tertiary/aromatic N) is 1. The van der Waals surface area contributed by atoms with Gasteiger partial charge in [-0.1, -0.05) is 42.5 Å². The summed E-state index contributed by atoms with van der Waals surface area (Å²) in [5.41, 5.74) is 3.88. The molecule has 39 heavy (non-hydrogen) atoms. The lowest BCUT2D eigenvalue weighted by molar-refractivity contribution is -0.146. The van der Waals surface area contributed by atoms with Crippen LogP contribution in [0.5, 0.6) is 11.5 Å². The van der Waals surface area contributed by atoms with Gasteiger partial charge in [0.1, 0.15) is 23.9 Å². The Morgan fingerprint density at radius 1 is 0.897 bits per heavy atom. The lowest BCUT2D eigenvalue weighted by Gasteiger charge is -2.25. The highest BCUT2D eigenvalue weighted by Gasteiger charge is 2.44. The highest BCUT2D eigenvalue weighted by atomic mass is 19.1. The van der Waals surface area contributed by atoms with E-state index in [2.05, 4.69) is 17.0 Å². The van der Waals surface area contributed by atoms with E-state index in [0.29, 0.717) is 44.1 Å². The number of esters is 1. The fourth-order valence-electron chi connectivity index (χ4n) is 6.36. The fraction of sp³-hybridized carbons (Fsp3) is 0.424. The standard InChI is InChI=1S/C33H38FNO4/c1-3-37-30-18-24(19-31(38-4-2)33(30)25-10-13-27(34)14-11-25)21-35-17-16-28-26(12-15-29(28)35)20-32(36)39-22-23-8-6-5-7-9-23/h5-11,13-14,18-19,26,28-29H,3-4,12,15-17,20-22H2,1-2H3/t26?,28-,29+/m0/s1. The summed E-state index contributed by atoms with van der Waals surface area (Å²) in [7, 11) is 0. The van der Waals surface area contributed by atoms with Crippen molar-refractivity contribution in [3.63, 3.8) is 0 Å². The molecule has 5 nitrogen and oxygen atoms in total. The first-order valence-corrected chi connectivity index (χ1v) is 14.2. The van der Waals surface area contributed by atoms with Crippen molar-refractivity contribution in [2.24, 2.45) is 11.8 Å². The van der Waals surface area contributed by atoms with Gasteiger partial charge in [0.05, 0.1) is 18.8 Å². The van der Waals surface area contributed by atoms with Gasteiger partial charge >= 0.3 is 5.97 Å². The summed E-state index contributed by atoms with van der Waals surface area (Å²) in [6, 6.07) is 21.0. The first-order chi connectivity index (χ1) is 19.1. The van der Waals surface area contributed by atoms with Crippen LogP contribution in [0.4, 0.5) is 4.39 Å². The number of carbonyl (C=O) groups excluding carboxylic acids is 1. The van der Waals surface area contributed by atoms with Crippen LogP contribution in [0.1, 0.15) is 50.7 Å². The van der Waals surface area contributed by atoms with E-state index < -0.39 is 0 Å². The second-order valence-corrected chi connectivity index (χ2v) is 10.5. The number of halogens is 1. The van der Waals surface area contributed by atoms with Crippen molar-refractivity contribution in [2.75, 3.05) is 19.8 Å². The first kappa shape index (κ1) is 27.2. The molecule has 1 saturated carbocycles. The van der Waals surface area contributed by atoms with Gasteiger partial charge in [0.15, 0.2) is 0 Å². The van der Waals surface area contributed by atoms with Crippen LogP contribution >= 0.6 is 0 Å². The van der Waals surface area contributed by atoms with E-state index in [1.165, 1.54) is 12.1 Å². The molecule has 0 spiro atoms. The van der Waals surface area contributed by atoms with Crippen molar-refractivity contribution < 1.29 is 23.4 Å². The molecule has 1 aliphatic heterocycles. The monoisotopic (exact) mass is 531 g/mol. The molecule has 0 bridgehead atoms. The Kier molecular flexibility index (Phi) is 8.82. The largest absolute Gasteiger partial charge is 0.493 e. The molecule has 3 aromatic rings. The minimum Gasteiger partial charge on any atom is -0.493 e. The maximum Gasteiger partial charge on any atom is 0.306 e. The molecule has 3 aromatic carbocycles. The van der Waals surface area contributed by atoms with E-state index in [1.54, 1.807) is 12.1 Å². The Bertz CT molecular complexity index is 1220. The van der Waals surface area contributed by atoms with Gasteiger partial charge in [0, 0.05) is 19.0 Å². The Hall–Kier alpha value is -3.38. The molecule has 2 fully saturated rings. The summed E-state index contributed by atoms with van der Waals surface area (Å²) < 4.78 is 31.3. The molecule has 2 aliphatic rings. The van der Waals surface area contributed by atoms with Crippen LogP contribution in [0.15, 0.2) is 66.7 Å². The van der Waals surface area contributed by atoms with E-state index in [0.717, 1.165) is 66.1 Å². The highest BCUT2D eigenvalue weighted by Crippen LogP contribution is 2.45. The number of ether oxygens (including phenoxy) is 3. The maximum absolute atomic E-state index is 13.6. The van der Waals surface area contributed by atoms with Crippen LogP contribution in [-0.2, 0) is 22.7 Å². The topological polar surface area (TPSA) is 48.0 Å². The van der Waals surface area contributed by atoms with Gasteiger partial charge in [-0.25, -0.2) is 4.39 Å². The molecule has 1 aliphatic carbocycles. The van der Waals surface area contributed by atoms with Gasteiger partial charge in [-0.05, 0) is 92.4 Å².